The van der Waals surface area contributed by atoms with Crippen LogP contribution in [0.5, 0.6) is 0 Å². The summed E-state index contributed by atoms with van der Waals surface area (Å²) in [6.45, 7) is 2.13. The molecule has 88 valence electrons. The van der Waals surface area contributed by atoms with Crippen LogP contribution in [0.25, 0.3) is 0 Å². The molecule has 0 aliphatic rings. The monoisotopic (exact) mass is 303 g/mol. The van der Waals surface area contributed by atoms with E-state index in [-0.39, 0.29) is 17.8 Å². The summed E-state index contributed by atoms with van der Waals surface area (Å²) in [6, 6.07) is 7.82. The van der Waals surface area contributed by atoms with E-state index in [0.717, 1.165) is 9.37 Å². The van der Waals surface area contributed by atoms with E-state index in [2.05, 4.69) is 21.2 Å². The molecular weight excluding hydrogens is 290 g/mol. The molecule has 3 nitrogen and oxygen atoms in total. The van der Waals surface area contributed by atoms with Gasteiger partial charge in [-0.15, -0.1) is 11.8 Å². The minimum absolute atomic E-state index is 0.0264. The SMILES string of the molecule is C[C@@H](Sc1ccc(Br)cc1)C(=O)NCCO. The van der Waals surface area contributed by atoms with Crippen LogP contribution < -0.4 is 5.32 Å². The lowest BCUT2D eigenvalue weighted by Gasteiger charge is -2.11. The molecule has 1 amide bonds. The maximum atomic E-state index is 11.5. The maximum Gasteiger partial charge on any atom is 0.233 e. The van der Waals surface area contributed by atoms with Gasteiger partial charge in [0.1, 0.15) is 0 Å². The largest absolute Gasteiger partial charge is 0.395 e. The molecule has 0 fully saturated rings. The van der Waals surface area contributed by atoms with Crippen molar-refractivity contribution >= 4 is 33.6 Å². The van der Waals surface area contributed by atoms with E-state index in [1.54, 1.807) is 0 Å². The van der Waals surface area contributed by atoms with Crippen molar-refractivity contribution < 1.29 is 9.90 Å². The third kappa shape index (κ3) is 4.55. The third-order valence-corrected chi connectivity index (χ3v) is 3.55. The summed E-state index contributed by atoms with van der Waals surface area (Å²) in [5.74, 6) is -0.0537. The van der Waals surface area contributed by atoms with E-state index in [0.29, 0.717) is 6.54 Å². The van der Waals surface area contributed by atoms with E-state index in [9.17, 15) is 4.79 Å². The van der Waals surface area contributed by atoms with E-state index >= 15 is 0 Å². The van der Waals surface area contributed by atoms with Crippen LogP contribution in [-0.2, 0) is 4.79 Å². The lowest BCUT2D eigenvalue weighted by atomic mass is 10.4. The average molecular weight is 304 g/mol. The Balaban J connectivity index is 2.47. The zero-order valence-electron chi connectivity index (χ0n) is 8.94. The first-order valence-electron chi connectivity index (χ1n) is 4.94. The average Bonchev–Trinajstić information content (AvgIpc) is 2.29. The summed E-state index contributed by atoms with van der Waals surface area (Å²) in [5, 5.41) is 11.1. The number of rotatable bonds is 5. The molecule has 16 heavy (non-hydrogen) atoms. The first kappa shape index (κ1) is 13.5. The lowest BCUT2D eigenvalue weighted by molar-refractivity contribution is -0.120. The highest BCUT2D eigenvalue weighted by Crippen LogP contribution is 2.24. The van der Waals surface area contributed by atoms with Gasteiger partial charge in [0.05, 0.1) is 11.9 Å². The highest BCUT2D eigenvalue weighted by Gasteiger charge is 2.13. The van der Waals surface area contributed by atoms with Crippen LogP contribution in [0.1, 0.15) is 6.92 Å². The number of benzene rings is 1. The van der Waals surface area contributed by atoms with Gasteiger partial charge in [-0.05, 0) is 31.2 Å². The predicted octanol–water partition coefficient (Wildman–Crippen LogP) is 2.04. The molecular formula is C11H14BrNO2S. The van der Waals surface area contributed by atoms with E-state index in [4.69, 9.17) is 5.11 Å². The Hall–Kier alpha value is -0.520. The van der Waals surface area contributed by atoms with Crippen molar-refractivity contribution in [3.63, 3.8) is 0 Å². The van der Waals surface area contributed by atoms with Gasteiger partial charge < -0.3 is 10.4 Å². The molecule has 0 bridgehead atoms. The molecule has 0 aliphatic heterocycles. The third-order valence-electron chi connectivity index (χ3n) is 1.91. The maximum absolute atomic E-state index is 11.5. The van der Waals surface area contributed by atoms with Crippen molar-refractivity contribution in [2.45, 2.75) is 17.1 Å². The molecule has 5 heteroatoms. The van der Waals surface area contributed by atoms with Gasteiger partial charge in [0.2, 0.25) is 5.91 Å². The normalized spacial score (nSPS) is 12.2. The fourth-order valence-corrected chi connectivity index (χ4v) is 2.25. The van der Waals surface area contributed by atoms with E-state index in [1.165, 1.54) is 11.8 Å². The van der Waals surface area contributed by atoms with Gasteiger partial charge in [0.15, 0.2) is 0 Å². The molecule has 0 aromatic heterocycles. The number of thioether (sulfide) groups is 1. The molecule has 0 saturated heterocycles. The Bertz CT molecular complexity index is 342. The van der Waals surface area contributed by atoms with E-state index in [1.807, 2.05) is 31.2 Å². The first-order chi connectivity index (χ1) is 7.63. The van der Waals surface area contributed by atoms with Crippen molar-refractivity contribution in [2.24, 2.45) is 0 Å². The summed E-state index contributed by atoms with van der Waals surface area (Å²) in [7, 11) is 0. The van der Waals surface area contributed by atoms with Gasteiger partial charge in [-0.2, -0.15) is 0 Å². The predicted molar refractivity (Wildman–Crippen MR) is 69.6 cm³/mol. The molecule has 1 atom stereocenters. The number of amides is 1. The number of aliphatic hydroxyl groups is 1. The number of aliphatic hydroxyl groups excluding tert-OH is 1. The van der Waals surface area contributed by atoms with Crippen molar-refractivity contribution in [1.29, 1.82) is 0 Å². The Labute approximate surface area is 108 Å². The highest BCUT2D eigenvalue weighted by atomic mass is 79.9. The van der Waals surface area contributed by atoms with Gasteiger partial charge in [-0.25, -0.2) is 0 Å². The number of halogens is 1. The number of nitrogens with one attached hydrogen (secondary N) is 1. The quantitative estimate of drug-likeness (QED) is 0.819. The van der Waals surface area contributed by atoms with Crippen molar-refractivity contribution in [3.8, 4) is 0 Å². The van der Waals surface area contributed by atoms with Gasteiger partial charge in [0.25, 0.3) is 0 Å². The van der Waals surface area contributed by atoms with Gasteiger partial charge in [-0.3, -0.25) is 4.79 Å². The molecule has 0 unspecified atom stereocenters. The van der Waals surface area contributed by atoms with Crippen molar-refractivity contribution in [2.75, 3.05) is 13.2 Å². The Morgan fingerprint density at radius 2 is 2.12 bits per heavy atom. The molecule has 2 N–H and O–H groups in total. The second-order valence-corrected chi connectivity index (χ2v) is 5.56. The highest BCUT2D eigenvalue weighted by molar-refractivity contribution is 9.10. The topological polar surface area (TPSA) is 49.3 Å². The smallest absolute Gasteiger partial charge is 0.233 e. The van der Waals surface area contributed by atoms with Gasteiger partial charge >= 0.3 is 0 Å². The van der Waals surface area contributed by atoms with Gasteiger partial charge in [0, 0.05) is 15.9 Å². The van der Waals surface area contributed by atoms with Crippen LogP contribution in [0.2, 0.25) is 0 Å². The molecule has 1 aromatic carbocycles. The van der Waals surface area contributed by atoms with Gasteiger partial charge in [-0.1, -0.05) is 15.9 Å². The Morgan fingerprint density at radius 1 is 1.50 bits per heavy atom. The van der Waals surface area contributed by atoms with Crippen LogP contribution in [0.15, 0.2) is 33.6 Å². The van der Waals surface area contributed by atoms with Crippen molar-refractivity contribution in [3.05, 3.63) is 28.7 Å². The zero-order chi connectivity index (χ0) is 12.0. The molecule has 0 spiro atoms. The number of carbonyl (C=O) groups excluding carboxylic acids is 1. The van der Waals surface area contributed by atoms with E-state index < -0.39 is 0 Å². The molecule has 0 saturated carbocycles. The Kier molecular flexibility index (Phi) is 5.87. The van der Waals surface area contributed by atoms with Crippen LogP contribution in [0.3, 0.4) is 0 Å². The second kappa shape index (κ2) is 6.93. The number of hydrogen-bond acceptors (Lipinski definition) is 3. The van der Waals surface area contributed by atoms with Crippen molar-refractivity contribution in [1.82, 2.24) is 5.32 Å². The summed E-state index contributed by atoms with van der Waals surface area (Å²) >= 11 is 4.85. The summed E-state index contributed by atoms with van der Waals surface area (Å²) < 4.78 is 1.02. The molecule has 1 aromatic rings. The molecule has 0 aliphatic carbocycles. The fourth-order valence-electron chi connectivity index (χ4n) is 1.09. The second-order valence-electron chi connectivity index (χ2n) is 3.23. The van der Waals surface area contributed by atoms with Crippen LogP contribution >= 0.6 is 27.7 Å². The first-order valence-corrected chi connectivity index (χ1v) is 6.61. The summed E-state index contributed by atoms with van der Waals surface area (Å²) in [5.41, 5.74) is 0. The molecule has 0 radical (unpaired) electrons. The number of hydrogen-bond donors (Lipinski definition) is 2. The summed E-state index contributed by atoms with van der Waals surface area (Å²) in [4.78, 5) is 12.6. The molecule has 0 heterocycles. The Morgan fingerprint density at radius 3 is 2.69 bits per heavy atom. The number of carbonyl (C=O) groups is 1. The van der Waals surface area contributed by atoms with Crippen LogP contribution in [0.4, 0.5) is 0 Å². The standard InChI is InChI=1S/C11H14BrNO2S/c1-8(11(15)13-6-7-14)16-10-4-2-9(12)3-5-10/h2-5,8,14H,6-7H2,1H3,(H,13,15)/t8-/m1/s1. The fraction of sp³-hybridized carbons (Fsp3) is 0.364. The minimum Gasteiger partial charge on any atom is -0.395 e. The van der Waals surface area contributed by atoms with Crippen LogP contribution in [-0.4, -0.2) is 29.4 Å². The summed E-state index contributed by atoms with van der Waals surface area (Å²) in [6.07, 6.45) is 0. The minimum atomic E-state index is -0.160. The molecule has 1 rings (SSSR count). The lowest BCUT2D eigenvalue weighted by Crippen LogP contribution is -2.32. The van der Waals surface area contributed by atoms with Crippen LogP contribution in [0, 0.1) is 0 Å². The zero-order valence-corrected chi connectivity index (χ0v) is 11.3.